The van der Waals surface area contributed by atoms with E-state index in [1.807, 2.05) is 12.1 Å². The van der Waals surface area contributed by atoms with Gasteiger partial charge in [0.25, 0.3) is 0 Å². The fraction of sp³-hybridized carbons (Fsp3) is 0.308. The molecule has 18 heavy (non-hydrogen) atoms. The molecule has 2 heterocycles. The normalized spacial score (nSPS) is 10.3. The molecule has 0 amide bonds. The molecule has 0 saturated carbocycles. The highest BCUT2D eigenvalue weighted by Gasteiger charge is 2.14. The first-order valence-electron chi connectivity index (χ1n) is 5.73. The number of hydrogen-bond donors (Lipinski definition) is 0. The first-order valence-corrected chi connectivity index (χ1v) is 6.61. The summed E-state index contributed by atoms with van der Waals surface area (Å²) in [5.41, 5.74) is 0.400. The van der Waals surface area contributed by atoms with E-state index in [0.717, 1.165) is 6.54 Å². The van der Waals surface area contributed by atoms with Gasteiger partial charge in [0.1, 0.15) is 11.8 Å². The zero-order valence-corrected chi connectivity index (χ0v) is 11.2. The summed E-state index contributed by atoms with van der Waals surface area (Å²) in [5, 5.41) is 10.9. The van der Waals surface area contributed by atoms with Crippen LogP contribution in [0.5, 0.6) is 0 Å². The van der Waals surface area contributed by atoms with E-state index in [1.54, 1.807) is 23.6 Å². The Balaban J connectivity index is 2.27. The minimum Gasteiger partial charge on any atom is -0.333 e. The van der Waals surface area contributed by atoms with E-state index in [0.29, 0.717) is 11.6 Å². The smallest absolute Gasteiger partial charge is 0.227 e. The standard InChI is InChI=1S/C13H14N4S/c1-10(2)17(9-12-4-3-7-18-12)13-15-6-5-11(8-14)16-13/h3-7,10H,9H2,1-2H3. The van der Waals surface area contributed by atoms with Gasteiger partial charge in [-0.3, -0.25) is 0 Å². The molecule has 0 bridgehead atoms. The Kier molecular flexibility index (Phi) is 3.90. The van der Waals surface area contributed by atoms with Crippen LogP contribution in [0, 0.1) is 11.3 Å². The molecule has 0 aliphatic rings. The molecule has 0 unspecified atom stereocenters. The molecule has 0 N–H and O–H groups in total. The van der Waals surface area contributed by atoms with Gasteiger partial charge in [0.2, 0.25) is 5.95 Å². The van der Waals surface area contributed by atoms with E-state index in [1.165, 1.54) is 4.88 Å². The van der Waals surface area contributed by atoms with Crippen LogP contribution in [0.4, 0.5) is 5.95 Å². The number of hydrogen-bond acceptors (Lipinski definition) is 5. The van der Waals surface area contributed by atoms with Gasteiger partial charge in [-0.15, -0.1) is 11.3 Å². The number of rotatable bonds is 4. The predicted octanol–water partition coefficient (Wildman–Crippen LogP) is 2.82. The average molecular weight is 258 g/mol. The molecular formula is C13H14N4S. The Hall–Kier alpha value is -1.93. The van der Waals surface area contributed by atoms with Gasteiger partial charge in [0, 0.05) is 17.1 Å². The van der Waals surface area contributed by atoms with Crippen LogP contribution in [0.15, 0.2) is 29.8 Å². The Morgan fingerprint density at radius 2 is 2.28 bits per heavy atom. The summed E-state index contributed by atoms with van der Waals surface area (Å²) >= 11 is 1.71. The van der Waals surface area contributed by atoms with E-state index >= 15 is 0 Å². The molecule has 0 aliphatic heterocycles. The van der Waals surface area contributed by atoms with Crippen molar-refractivity contribution in [3.05, 3.63) is 40.3 Å². The van der Waals surface area contributed by atoms with Gasteiger partial charge in [-0.05, 0) is 31.4 Å². The zero-order chi connectivity index (χ0) is 13.0. The SMILES string of the molecule is CC(C)N(Cc1cccs1)c1nccc(C#N)n1. The highest BCUT2D eigenvalue weighted by Crippen LogP contribution is 2.18. The van der Waals surface area contributed by atoms with Crippen molar-refractivity contribution in [2.24, 2.45) is 0 Å². The lowest BCUT2D eigenvalue weighted by molar-refractivity contribution is 0.664. The van der Waals surface area contributed by atoms with Crippen LogP contribution < -0.4 is 4.90 Å². The molecule has 92 valence electrons. The molecule has 0 aromatic carbocycles. The molecule has 2 rings (SSSR count). The summed E-state index contributed by atoms with van der Waals surface area (Å²) in [5.74, 6) is 0.609. The van der Waals surface area contributed by atoms with Crippen molar-refractivity contribution in [1.29, 1.82) is 5.26 Å². The number of nitrogens with zero attached hydrogens (tertiary/aromatic N) is 4. The zero-order valence-electron chi connectivity index (χ0n) is 10.4. The maximum Gasteiger partial charge on any atom is 0.227 e. The van der Waals surface area contributed by atoms with E-state index in [4.69, 9.17) is 5.26 Å². The summed E-state index contributed by atoms with van der Waals surface area (Å²) in [7, 11) is 0. The van der Waals surface area contributed by atoms with Crippen molar-refractivity contribution in [2.45, 2.75) is 26.4 Å². The average Bonchev–Trinajstić information content (AvgIpc) is 2.88. The van der Waals surface area contributed by atoms with Crippen molar-refractivity contribution in [2.75, 3.05) is 4.90 Å². The first kappa shape index (κ1) is 12.5. The van der Waals surface area contributed by atoms with Crippen LogP contribution in [-0.2, 0) is 6.54 Å². The molecule has 4 nitrogen and oxygen atoms in total. The van der Waals surface area contributed by atoms with E-state index in [-0.39, 0.29) is 6.04 Å². The maximum atomic E-state index is 8.88. The second kappa shape index (κ2) is 5.61. The van der Waals surface area contributed by atoms with Crippen molar-refractivity contribution >= 4 is 17.3 Å². The van der Waals surface area contributed by atoms with Gasteiger partial charge in [-0.2, -0.15) is 5.26 Å². The topological polar surface area (TPSA) is 52.8 Å². The van der Waals surface area contributed by atoms with Crippen molar-refractivity contribution < 1.29 is 0 Å². The summed E-state index contributed by atoms with van der Waals surface area (Å²) in [6.07, 6.45) is 1.63. The second-order valence-corrected chi connectivity index (χ2v) is 5.19. The second-order valence-electron chi connectivity index (χ2n) is 4.15. The van der Waals surface area contributed by atoms with E-state index < -0.39 is 0 Å². The summed E-state index contributed by atoms with van der Waals surface area (Å²) in [4.78, 5) is 11.9. The van der Waals surface area contributed by atoms with Gasteiger partial charge in [-0.1, -0.05) is 6.07 Å². The minimum atomic E-state index is 0.279. The van der Waals surface area contributed by atoms with Crippen molar-refractivity contribution in [3.8, 4) is 6.07 Å². The molecule has 0 aliphatic carbocycles. The van der Waals surface area contributed by atoms with Crippen LogP contribution in [0.25, 0.3) is 0 Å². The molecule has 0 saturated heterocycles. The van der Waals surface area contributed by atoms with Crippen LogP contribution >= 0.6 is 11.3 Å². The van der Waals surface area contributed by atoms with Gasteiger partial charge in [0.15, 0.2) is 0 Å². The highest BCUT2D eigenvalue weighted by molar-refractivity contribution is 7.09. The molecule has 0 spiro atoms. The highest BCUT2D eigenvalue weighted by atomic mass is 32.1. The molecule has 0 radical (unpaired) electrons. The molecule has 2 aromatic heterocycles. The van der Waals surface area contributed by atoms with Gasteiger partial charge < -0.3 is 4.90 Å². The first-order chi connectivity index (χ1) is 8.70. The Morgan fingerprint density at radius 1 is 1.44 bits per heavy atom. The molecule has 2 aromatic rings. The monoisotopic (exact) mass is 258 g/mol. The van der Waals surface area contributed by atoms with Crippen LogP contribution in [0.1, 0.15) is 24.4 Å². The third-order valence-corrected chi connectivity index (χ3v) is 3.41. The van der Waals surface area contributed by atoms with Gasteiger partial charge in [-0.25, -0.2) is 9.97 Å². The predicted molar refractivity (Wildman–Crippen MR) is 72.4 cm³/mol. The lowest BCUT2D eigenvalue weighted by Crippen LogP contribution is -2.31. The molecule has 5 heteroatoms. The largest absolute Gasteiger partial charge is 0.333 e. The van der Waals surface area contributed by atoms with Crippen LogP contribution in [0.3, 0.4) is 0 Å². The Labute approximate surface area is 111 Å². The third kappa shape index (κ3) is 2.84. The fourth-order valence-corrected chi connectivity index (χ4v) is 2.31. The fourth-order valence-electron chi connectivity index (χ4n) is 1.60. The van der Waals surface area contributed by atoms with Gasteiger partial charge >= 0.3 is 0 Å². The summed E-state index contributed by atoms with van der Waals surface area (Å²) in [6.45, 7) is 4.95. The molecule has 0 fully saturated rings. The quantitative estimate of drug-likeness (QED) is 0.846. The third-order valence-electron chi connectivity index (χ3n) is 2.54. The lowest BCUT2D eigenvalue weighted by Gasteiger charge is -2.26. The van der Waals surface area contributed by atoms with Gasteiger partial charge in [0.05, 0.1) is 6.54 Å². The number of thiophene rings is 1. The summed E-state index contributed by atoms with van der Waals surface area (Å²) in [6, 6.07) is 8.07. The Morgan fingerprint density at radius 3 is 2.89 bits per heavy atom. The number of anilines is 1. The Bertz CT molecular complexity index is 542. The van der Waals surface area contributed by atoms with E-state index in [2.05, 4.69) is 40.2 Å². The van der Waals surface area contributed by atoms with Crippen molar-refractivity contribution in [3.63, 3.8) is 0 Å². The number of aromatic nitrogens is 2. The lowest BCUT2D eigenvalue weighted by atomic mass is 10.3. The van der Waals surface area contributed by atoms with Crippen molar-refractivity contribution in [1.82, 2.24) is 9.97 Å². The molecule has 0 atom stereocenters. The van der Waals surface area contributed by atoms with Crippen LogP contribution in [0.2, 0.25) is 0 Å². The van der Waals surface area contributed by atoms with E-state index in [9.17, 15) is 0 Å². The summed E-state index contributed by atoms with van der Waals surface area (Å²) < 4.78 is 0. The van der Waals surface area contributed by atoms with Crippen LogP contribution in [-0.4, -0.2) is 16.0 Å². The maximum absolute atomic E-state index is 8.88. The minimum absolute atomic E-state index is 0.279. The number of nitriles is 1. The molecular weight excluding hydrogens is 244 g/mol.